The molecule has 2 N–H and O–H groups in total. The van der Waals surface area contributed by atoms with Crippen molar-refractivity contribution >= 4 is 0 Å². The fraction of sp³-hybridized carbons (Fsp3) is 1.00. The highest BCUT2D eigenvalue weighted by molar-refractivity contribution is 5.03. The number of aliphatic hydroxyl groups is 1. The molecule has 2 aliphatic heterocycles. The Balaban J connectivity index is 2.16. The Hall–Kier alpha value is -0.580. The number of nitrogens with one attached hydrogen (secondary N) is 1. The SMILES string of the molecule is OC(C1CC(N2CCCC2)NO1)(C(F)(F)F)C(F)(F)F. The molecule has 0 saturated carbocycles. The van der Waals surface area contributed by atoms with Crippen LogP contribution in [-0.2, 0) is 4.84 Å². The van der Waals surface area contributed by atoms with Gasteiger partial charge in [0.1, 0.15) is 6.10 Å². The number of hydroxylamine groups is 1. The molecule has 2 rings (SSSR count). The largest absolute Gasteiger partial charge is 0.429 e. The average Bonchev–Trinajstić information content (AvgIpc) is 2.95. The van der Waals surface area contributed by atoms with Crippen LogP contribution >= 0.6 is 0 Å². The quantitative estimate of drug-likeness (QED) is 0.760. The van der Waals surface area contributed by atoms with Gasteiger partial charge in [-0.3, -0.25) is 9.74 Å². The van der Waals surface area contributed by atoms with Crippen molar-refractivity contribution in [1.82, 2.24) is 10.4 Å². The first-order chi connectivity index (χ1) is 9.07. The Morgan fingerprint density at radius 1 is 1.00 bits per heavy atom. The topological polar surface area (TPSA) is 44.7 Å². The summed E-state index contributed by atoms with van der Waals surface area (Å²) in [4.78, 5) is 6.12. The monoisotopic (exact) mass is 308 g/mol. The van der Waals surface area contributed by atoms with E-state index < -0.39 is 36.6 Å². The first-order valence-corrected chi connectivity index (χ1v) is 6.08. The number of hydrogen-bond donors (Lipinski definition) is 2. The Morgan fingerprint density at radius 3 is 1.95 bits per heavy atom. The van der Waals surface area contributed by atoms with Crippen LogP contribution in [0.15, 0.2) is 0 Å². The summed E-state index contributed by atoms with van der Waals surface area (Å²) < 4.78 is 76.0. The molecule has 0 aromatic carbocycles. The van der Waals surface area contributed by atoms with Crippen molar-refractivity contribution in [3.05, 3.63) is 0 Å². The average molecular weight is 308 g/mol. The number of rotatable bonds is 2. The standard InChI is InChI=1S/C10H14F6N2O2/c11-9(12,13)8(19,10(14,15)16)6-5-7(17-20-6)18-3-1-2-4-18/h6-7,17,19H,1-5H2. The first kappa shape index (κ1) is 15.8. The van der Waals surface area contributed by atoms with Gasteiger partial charge in [0.25, 0.3) is 5.60 Å². The predicted molar refractivity (Wildman–Crippen MR) is 54.3 cm³/mol. The van der Waals surface area contributed by atoms with Crippen molar-refractivity contribution in [3.63, 3.8) is 0 Å². The lowest BCUT2D eigenvalue weighted by atomic mass is 9.92. The Kier molecular flexibility index (Phi) is 3.95. The summed E-state index contributed by atoms with van der Waals surface area (Å²) in [6.07, 6.45) is -13.8. The minimum Gasteiger partial charge on any atom is -0.372 e. The van der Waals surface area contributed by atoms with E-state index in [1.165, 1.54) is 0 Å². The predicted octanol–water partition coefficient (Wildman–Crippen LogP) is 1.56. The van der Waals surface area contributed by atoms with Gasteiger partial charge in [-0.2, -0.15) is 31.8 Å². The summed E-state index contributed by atoms with van der Waals surface area (Å²) >= 11 is 0. The second kappa shape index (κ2) is 5.00. The van der Waals surface area contributed by atoms with Crippen LogP contribution < -0.4 is 5.48 Å². The second-order valence-corrected chi connectivity index (χ2v) is 4.98. The number of hydrogen-bond acceptors (Lipinski definition) is 4. The number of likely N-dealkylation sites (tertiary alicyclic amines) is 1. The summed E-state index contributed by atoms with van der Waals surface area (Å²) in [5.74, 6) is 0. The summed E-state index contributed by atoms with van der Waals surface area (Å²) in [7, 11) is 0. The fourth-order valence-corrected chi connectivity index (χ4v) is 2.52. The molecule has 2 unspecified atom stereocenters. The molecule has 4 nitrogen and oxygen atoms in total. The molecule has 118 valence electrons. The molecule has 0 aliphatic carbocycles. The summed E-state index contributed by atoms with van der Waals surface area (Å²) in [6, 6.07) is 0. The van der Waals surface area contributed by atoms with Gasteiger partial charge in [-0.15, -0.1) is 0 Å². The van der Waals surface area contributed by atoms with Crippen LogP contribution in [-0.4, -0.2) is 53.3 Å². The highest BCUT2D eigenvalue weighted by Gasteiger charge is 2.75. The van der Waals surface area contributed by atoms with E-state index in [4.69, 9.17) is 0 Å². The van der Waals surface area contributed by atoms with Gasteiger partial charge in [-0.05, 0) is 25.9 Å². The van der Waals surface area contributed by atoms with Gasteiger partial charge < -0.3 is 5.11 Å². The molecule has 0 aromatic rings. The van der Waals surface area contributed by atoms with Crippen LogP contribution in [0.25, 0.3) is 0 Å². The van der Waals surface area contributed by atoms with E-state index in [1.807, 2.05) is 0 Å². The number of nitrogens with zero attached hydrogens (tertiary/aromatic N) is 1. The zero-order valence-electron chi connectivity index (χ0n) is 10.3. The Labute approximate surface area is 110 Å². The van der Waals surface area contributed by atoms with Gasteiger partial charge in [0.2, 0.25) is 0 Å². The molecule has 2 aliphatic rings. The van der Waals surface area contributed by atoms with Gasteiger partial charge in [0.15, 0.2) is 0 Å². The minimum absolute atomic E-state index is 0.574. The van der Waals surface area contributed by atoms with E-state index >= 15 is 0 Å². The molecule has 0 aromatic heterocycles. The lowest BCUT2D eigenvalue weighted by molar-refractivity contribution is -0.393. The van der Waals surface area contributed by atoms with Crippen LogP contribution in [0.3, 0.4) is 0 Å². The van der Waals surface area contributed by atoms with Gasteiger partial charge in [-0.1, -0.05) is 0 Å². The smallest absolute Gasteiger partial charge is 0.372 e. The van der Waals surface area contributed by atoms with Crippen molar-refractivity contribution in [3.8, 4) is 0 Å². The van der Waals surface area contributed by atoms with Gasteiger partial charge in [0.05, 0.1) is 6.17 Å². The third-order valence-electron chi connectivity index (χ3n) is 3.70. The van der Waals surface area contributed by atoms with Crippen LogP contribution in [0.2, 0.25) is 0 Å². The highest BCUT2D eigenvalue weighted by Crippen LogP contribution is 2.48. The maximum absolute atomic E-state index is 12.7. The number of halogens is 6. The van der Waals surface area contributed by atoms with E-state index in [2.05, 4.69) is 10.3 Å². The number of alkyl halides is 6. The third-order valence-corrected chi connectivity index (χ3v) is 3.70. The van der Waals surface area contributed by atoms with Crippen molar-refractivity contribution in [2.24, 2.45) is 0 Å². The Morgan fingerprint density at radius 2 is 1.50 bits per heavy atom. The molecule has 0 radical (unpaired) electrons. The minimum atomic E-state index is -5.86. The zero-order valence-corrected chi connectivity index (χ0v) is 10.3. The maximum atomic E-state index is 12.7. The molecule has 0 amide bonds. The molecule has 2 heterocycles. The lowest BCUT2D eigenvalue weighted by Crippen LogP contribution is -2.64. The van der Waals surface area contributed by atoms with Crippen LogP contribution in [0.1, 0.15) is 19.3 Å². The van der Waals surface area contributed by atoms with Gasteiger partial charge in [0, 0.05) is 6.42 Å². The fourth-order valence-electron chi connectivity index (χ4n) is 2.52. The lowest BCUT2D eigenvalue weighted by Gasteiger charge is -2.35. The van der Waals surface area contributed by atoms with Gasteiger partial charge in [-0.25, -0.2) is 0 Å². The molecular formula is C10H14F6N2O2. The van der Waals surface area contributed by atoms with E-state index in [0.717, 1.165) is 12.8 Å². The van der Waals surface area contributed by atoms with Crippen LogP contribution in [0.5, 0.6) is 0 Å². The molecule has 2 saturated heterocycles. The summed E-state index contributed by atoms with van der Waals surface area (Å²) in [5.41, 5.74) is -2.71. The van der Waals surface area contributed by atoms with E-state index in [9.17, 15) is 31.4 Å². The summed E-state index contributed by atoms with van der Waals surface area (Å²) in [5, 5.41) is 9.21. The van der Waals surface area contributed by atoms with Crippen molar-refractivity contribution in [2.75, 3.05) is 13.1 Å². The molecule has 0 spiro atoms. The normalized spacial score (nSPS) is 30.1. The highest BCUT2D eigenvalue weighted by atomic mass is 19.4. The summed E-state index contributed by atoms with van der Waals surface area (Å²) in [6.45, 7) is 1.15. The van der Waals surface area contributed by atoms with Crippen molar-refractivity contribution < 1.29 is 36.3 Å². The van der Waals surface area contributed by atoms with Crippen LogP contribution in [0, 0.1) is 0 Å². The molecule has 0 bridgehead atoms. The maximum Gasteiger partial charge on any atom is 0.429 e. The third kappa shape index (κ3) is 2.49. The van der Waals surface area contributed by atoms with Crippen molar-refractivity contribution in [1.29, 1.82) is 0 Å². The Bertz CT molecular complexity index is 339. The molecule has 20 heavy (non-hydrogen) atoms. The molecule has 10 heteroatoms. The first-order valence-electron chi connectivity index (χ1n) is 6.08. The second-order valence-electron chi connectivity index (χ2n) is 4.98. The van der Waals surface area contributed by atoms with Crippen molar-refractivity contribution in [2.45, 2.75) is 49.5 Å². The molecule has 2 fully saturated rings. The molecule has 2 atom stereocenters. The van der Waals surface area contributed by atoms with E-state index in [0.29, 0.717) is 13.1 Å². The van der Waals surface area contributed by atoms with E-state index in [1.54, 1.807) is 4.90 Å². The van der Waals surface area contributed by atoms with E-state index in [-0.39, 0.29) is 0 Å². The molecular weight excluding hydrogens is 294 g/mol. The van der Waals surface area contributed by atoms with Crippen LogP contribution in [0.4, 0.5) is 26.3 Å². The zero-order chi connectivity index (χ0) is 15.2. The van der Waals surface area contributed by atoms with Gasteiger partial charge >= 0.3 is 12.4 Å².